The number of rotatable bonds is 6. The van der Waals surface area contributed by atoms with Gasteiger partial charge in [0.1, 0.15) is 0 Å². The smallest absolute Gasteiger partial charge is 0.321 e. The zero-order valence-electron chi connectivity index (χ0n) is 12.7. The minimum atomic E-state index is -0.953. The van der Waals surface area contributed by atoms with Gasteiger partial charge in [-0.1, -0.05) is 17.7 Å². The predicted octanol–water partition coefficient (Wildman–Crippen LogP) is 2.72. The van der Waals surface area contributed by atoms with E-state index in [0.29, 0.717) is 23.1 Å². The molecule has 2 amide bonds. The Morgan fingerprint density at radius 2 is 2.19 bits per heavy atom. The summed E-state index contributed by atoms with van der Waals surface area (Å²) in [7, 11) is 2.29. The van der Waals surface area contributed by atoms with Crippen molar-refractivity contribution in [3.05, 3.63) is 28.8 Å². The maximum atomic E-state index is 12.2. The lowest BCUT2D eigenvalue weighted by molar-refractivity contribution is 0.185. The SMILES string of the molecule is COCc1c(Cl)cccc1NC(=O)N(C)C(C)CS(C)=O. The summed E-state index contributed by atoms with van der Waals surface area (Å²) in [5, 5.41) is 3.36. The van der Waals surface area contributed by atoms with Crippen LogP contribution in [0.5, 0.6) is 0 Å². The van der Waals surface area contributed by atoms with Crippen LogP contribution in [0.2, 0.25) is 5.02 Å². The number of nitrogens with zero attached hydrogens (tertiary/aromatic N) is 1. The molecule has 0 heterocycles. The highest BCUT2D eigenvalue weighted by Gasteiger charge is 2.18. The highest BCUT2D eigenvalue weighted by Crippen LogP contribution is 2.25. The summed E-state index contributed by atoms with van der Waals surface area (Å²) in [5.41, 5.74) is 1.35. The van der Waals surface area contributed by atoms with Crippen molar-refractivity contribution in [2.45, 2.75) is 19.6 Å². The Balaban J connectivity index is 2.83. The van der Waals surface area contributed by atoms with Crippen LogP contribution in [0.1, 0.15) is 12.5 Å². The van der Waals surface area contributed by atoms with Crippen LogP contribution < -0.4 is 5.32 Å². The summed E-state index contributed by atoms with van der Waals surface area (Å²) in [6.45, 7) is 2.17. The summed E-state index contributed by atoms with van der Waals surface area (Å²) in [6.07, 6.45) is 1.62. The van der Waals surface area contributed by atoms with Crippen LogP contribution in [-0.2, 0) is 22.1 Å². The lowest BCUT2D eigenvalue weighted by Crippen LogP contribution is -2.41. The number of amides is 2. The van der Waals surface area contributed by atoms with E-state index in [2.05, 4.69) is 5.32 Å². The molecule has 0 radical (unpaired) electrons. The van der Waals surface area contributed by atoms with Gasteiger partial charge < -0.3 is 15.0 Å². The Kier molecular flexibility index (Phi) is 7.14. The quantitative estimate of drug-likeness (QED) is 0.871. The van der Waals surface area contributed by atoms with Crippen LogP contribution in [0.4, 0.5) is 10.5 Å². The largest absolute Gasteiger partial charge is 0.380 e. The van der Waals surface area contributed by atoms with Crippen molar-refractivity contribution in [2.75, 3.05) is 31.5 Å². The third-order valence-corrected chi connectivity index (χ3v) is 4.41. The van der Waals surface area contributed by atoms with Gasteiger partial charge in [-0.3, -0.25) is 4.21 Å². The summed E-state index contributed by atoms with van der Waals surface area (Å²) >= 11 is 6.12. The molecule has 2 unspecified atom stereocenters. The topological polar surface area (TPSA) is 58.6 Å². The minimum absolute atomic E-state index is 0.124. The number of benzene rings is 1. The van der Waals surface area contributed by atoms with Gasteiger partial charge in [-0.2, -0.15) is 0 Å². The first-order chi connectivity index (χ1) is 9.86. The minimum Gasteiger partial charge on any atom is -0.380 e. The Bertz CT molecular complexity index is 525. The molecule has 1 aromatic rings. The first-order valence-electron chi connectivity index (χ1n) is 6.47. The van der Waals surface area contributed by atoms with Crippen molar-refractivity contribution < 1.29 is 13.7 Å². The Morgan fingerprint density at radius 3 is 2.76 bits per heavy atom. The lowest BCUT2D eigenvalue weighted by Gasteiger charge is -2.25. The maximum Gasteiger partial charge on any atom is 0.321 e. The van der Waals surface area contributed by atoms with Gasteiger partial charge in [-0.05, 0) is 19.1 Å². The van der Waals surface area contributed by atoms with Crippen LogP contribution >= 0.6 is 11.6 Å². The number of hydrogen-bond donors (Lipinski definition) is 1. The highest BCUT2D eigenvalue weighted by atomic mass is 35.5. The van der Waals surface area contributed by atoms with E-state index in [0.717, 1.165) is 5.56 Å². The van der Waals surface area contributed by atoms with Crippen molar-refractivity contribution in [3.63, 3.8) is 0 Å². The molecule has 0 bridgehead atoms. The standard InChI is InChI=1S/C14H21ClN2O3S/c1-10(9-21(4)19)17(2)14(18)16-13-7-5-6-12(15)11(13)8-20-3/h5-7,10H,8-9H2,1-4H3,(H,16,18). The van der Waals surface area contributed by atoms with E-state index < -0.39 is 10.8 Å². The Labute approximate surface area is 133 Å². The second kappa shape index (κ2) is 8.36. The fourth-order valence-electron chi connectivity index (χ4n) is 1.82. The molecular weight excluding hydrogens is 312 g/mol. The third kappa shape index (κ3) is 5.30. The van der Waals surface area contributed by atoms with Gasteiger partial charge in [0.15, 0.2) is 0 Å². The first kappa shape index (κ1) is 17.9. The summed E-state index contributed by atoms with van der Waals surface area (Å²) < 4.78 is 16.3. The molecule has 1 rings (SSSR count). The molecule has 0 spiro atoms. The molecule has 1 aromatic carbocycles. The van der Waals surface area contributed by atoms with E-state index >= 15 is 0 Å². The van der Waals surface area contributed by atoms with Gasteiger partial charge in [-0.15, -0.1) is 0 Å². The van der Waals surface area contributed by atoms with Gasteiger partial charge in [0.2, 0.25) is 0 Å². The fraction of sp³-hybridized carbons (Fsp3) is 0.500. The van der Waals surface area contributed by atoms with E-state index in [-0.39, 0.29) is 12.1 Å². The number of ether oxygens (including phenoxy) is 1. The third-order valence-electron chi connectivity index (χ3n) is 3.11. The van der Waals surface area contributed by atoms with E-state index in [1.807, 2.05) is 6.92 Å². The van der Waals surface area contributed by atoms with Crippen molar-refractivity contribution in [1.29, 1.82) is 0 Å². The lowest BCUT2D eigenvalue weighted by atomic mass is 10.2. The van der Waals surface area contributed by atoms with Crippen LogP contribution in [0, 0.1) is 0 Å². The number of urea groups is 1. The summed E-state index contributed by atoms with van der Waals surface area (Å²) in [4.78, 5) is 13.8. The molecular formula is C14H21ClN2O3S. The molecule has 21 heavy (non-hydrogen) atoms. The Morgan fingerprint density at radius 1 is 1.52 bits per heavy atom. The number of halogens is 1. The monoisotopic (exact) mass is 332 g/mol. The molecule has 0 aliphatic carbocycles. The van der Waals surface area contributed by atoms with E-state index in [4.69, 9.17) is 16.3 Å². The molecule has 0 aliphatic heterocycles. The molecule has 2 atom stereocenters. The first-order valence-corrected chi connectivity index (χ1v) is 8.57. The fourth-order valence-corrected chi connectivity index (χ4v) is 2.95. The second-order valence-electron chi connectivity index (χ2n) is 4.83. The number of hydrogen-bond acceptors (Lipinski definition) is 3. The van der Waals surface area contributed by atoms with Crippen LogP contribution in [0.25, 0.3) is 0 Å². The van der Waals surface area contributed by atoms with Gasteiger partial charge in [0, 0.05) is 59.3 Å². The molecule has 1 N–H and O–H groups in total. The van der Waals surface area contributed by atoms with Crippen molar-refractivity contribution in [3.8, 4) is 0 Å². The van der Waals surface area contributed by atoms with Gasteiger partial charge in [-0.25, -0.2) is 4.79 Å². The molecule has 5 nitrogen and oxygen atoms in total. The summed E-state index contributed by atoms with van der Waals surface area (Å²) in [6, 6.07) is 4.89. The van der Waals surface area contributed by atoms with Crippen molar-refractivity contribution in [1.82, 2.24) is 4.90 Å². The zero-order valence-corrected chi connectivity index (χ0v) is 14.3. The second-order valence-corrected chi connectivity index (χ2v) is 6.72. The van der Waals surface area contributed by atoms with Gasteiger partial charge in [0.05, 0.1) is 6.61 Å². The molecule has 0 aromatic heterocycles. The molecule has 118 valence electrons. The van der Waals surface area contributed by atoms with Crippen LogP contribution in [0.3, 0.4) is 0 Å². The number of carbonyl (C=O) groups excluding carboxylic acids is 1. The van der Waals surface area contributed by atoms with Crippen molar-refractivity contribution >= 4 is 34.1 Å². The molecule has 0 fully saturated rings. The van der Waals surface area contributed by atoms with Gasteiger partial charge in [0.25, 0.3) is 0 Å². The van der Waals surface area contributed by atoms with E-state index in [1.165, 1.54) is 4.90 Å². The predicted molar refractivity (Wildman–Crippen MR) is 87.3 cm³/mol. The number of methoxy groups -OCH3 is 1. The highest BCUT2D eigenvalue weighted by molar-refractivity contribution is 7.84. The Hall–Kier alpha value is -1.11. The average molecular weight is 333 g/mol. The normalized spacial score (nSPS) is 13.6. The average Bonchev–Trinajstić information content (AvgIpc) is 2.41. The number of anilines is 1. The molecule has 7 heteroatoms. The van der Waals surface area contributed by atoms with Crippen LogP contribution in [0.15, 0.2) is 18.2 Å². The number of nitrogens with one attached hydrogen (secondary N) is 1. The summed E-state index contributed by atoms with van der Waals surface area (Å²) in [5.74, 6) is 0.435. The van der Waals surface area contributed by atoms with Crippen molar-refractivity contribution in [2.24, 2.45) is 0 Å². The maximum absolute atomic E-state index is 12.2. The van der Waals surface area contributed by atoms with E-state index in [9.17, 15) is 9.00 Å². The van der Waals surface area contributed by atoms with E-state index in [1.54, 1.807) is 38.6 Å². The molecule has 0 saturated heterocycles. The van der Waals surface area contributed by atoms with Gasteiger partial charge >= 0.3 is 6.03 Å². The molecule has 0 saturated carbocycles. The molecule has 0 aliphatic rings. The van der Waals surface area contributed by atoms with Crippen LogP contribution in [-0.4, -0.2) is 47.3 Å². The zero-order chi connectivity index (χ0) is 16.0. The number of carbonyl (C=O) groups is 1.